The predicted molar refractivity (Wildman–Crippen MR) is 135 cm³/mol. The summed E-state index contributed by atoms with van der Waals surface area (Å²) in [4.78, 5) is 15.1. The van der Waals surface area contributed by atoms with E-state index in [1.165, 1.54) is 17.3 Å². The van der Waals surface area contributed by atoms with Crippen molar-refractivity contribution in [3.8, 4) is 11.4 Å². The normalized spacial score (nSPS) is 12.9. The number of aromatic nitrogens is 3. The number of nitrogens with zero attached hydrogens (tertiary/aromatic N) is 4. The van der Waals surface area contributed by atoms with Gasteiger partial charge in [-0.1, -0.05) is 60.3 Å². The van der Waals surface area contributed by atoms with Gasteiger partial charge in [-0.3, -0.25) is 9.36 Å². The molecule has 0 fully saturated rings. The zero-order valence-electron chi connectivity index (χ0n) is 19.1. The van der Waals surface area contributed by atoms with Gasteiger partial charge >= 0.3 is 0 Å². The smallest absolute Gasteiger partial charge is 0.237 e. The first-order valence-electron chi connectivity index (χ1n) is 11.4. The first-order valence-corrected chi connectivity index (χ1v) is 12.3. The molecule has 6 nitrogen and oxygen atoms in total. The topological polar surface area (TPSA) is 60.2 Å². The average molecular weight is 471 g/mol. The molecule has 5 rings (SSSR count). The zero-order chi connectivity index (χ0) is 23.3. The van der Waals surface area contributed by atoms with Gasteiger partial charge in [0, 0.05) is 24.3 Å². The van der Waals surface area contributed by atoms with Crippen molar-refractivity contribution in [1.82, 2.24) is 14.8 Å². The number of hydrogen-bond donors (Lipinski definition) is 0. The highest BCUT2D eigenvalue weighted by molar-refractivity contribution is 7.99. The molecular weight excluding hydrogens is 444 g/mol. The Kier molecular flexibility index (Phi) is 6.62. The zero-order valence-corrected chi connectivity index (χ0v) is 19.9. The molecule has 1 aliphatic rings. The number of amides is 1. The Balaban J connectivity index is 1.37. The van der Waals surface area contributed by atoms with E-state index >= 15 is 0 Å². The molecule has 7 heteroatoms. The number of anilines is 1. The summed E-state index contributed by atoms with van der Waals surface area (Å²) in [6, 6.07) is 26.2. The van der Waals surface area contributed by atoms with Crippen molar-refractivity contribution in [3.63, 3.8) is 0 Å². The van der Waals surface area contributed by atoms with Crippen LogP contribution in [0, 0.1) is 0 Å². The van der Waals surface area contributed by atoms with Crippen LogP contribution in [-0.4, -0.2) is 40.1 Å². The largest absolute Gasteiger partial charge is 0.497 e. The van der Waals surface area contributed by atoms with E-state index in [0.717, 1.165) is 53.1 Å². The molecule has 0 bridgehead atoms. The lowest BCUT2D eigenvalue weighted by Crippen LogP contribution is -2.36. The molecule has 34 heavy (non-hydrogen) atoms. The minimum atomic E-state index is 0.0725. The second-order valence-corrected chi connectivity index (χ2v) is 9.11. The maximum atomic E-state index is 13.3. The van der Waals surface area contributed by atoms with Gasteiger partial charge in [0.2, 0.25) is 5.91 Å². The van der Waals surface area contributed by atoms with Crippen LogP contribution in [0.5, 0.6) is 5.75 Å². The highest BCUT2D eigenvalue weighted by Gasteiger charge is 2.24. The van der Waals surface area contributed by atoms with Crippen molar-refractivity contribution in [2.75, 3.05) is 24.3 Å². The molecule has 3 aromatic carbocycles. The quantitative estimate of drug-likeness (QED) is 0.358. The molecule has 0 spiro atoms. The molecule has 0 saturated carbocycles. The maximum Gasteiger partial charge on any atom is 0.237 e. The van der Waals surface area contributed by atoms with Crippen molar-refractivity contribution in [2.45, 2.75) is 24.4 Å². The highest BCUT2D eigenvalue weighted by Crippen LogP contribution is 2.32. The third-order valence-corrected chi connectivity index (χ3v) is 6.86. The van der Waals surface area contributed by atoms with Crippen LogP contribution >= 0.6 is 11.8 Å². The van der Waals surface area contributed by atoms with Crippen molar-refractivity contribution < 1.29 is 9.53 Å². The van der Waals surface area contributed by atoms with E-state index in [1.807, 2.05) is 71.6 Å². The lowest BCUT2D eigenvalue weighted by atomic mass is 10.0. The molecule has 2 heterocycles. The van der Waals surface area contributed by atoms with Gasteiger partial charge in [0.15, 0.2) is 5.16 Å². The fourth-order valence-electron chi connectivity index (χ4n) is 4.29. The standard InChI is InChI=1S/C27H26N4O2S/c1-33-23-14-15-24-21(18-23)11-8-16-30(24)26(32)19-34-27-29-28-25(17-20-9-4-2-5-10-20)31(27)22-12-6-3-7-13-22/h2-7,9-10,12-15,18H,8,11,16-17,19H2,1H3. The van der Waals surface area contributed by atoms with E-state index in [0.29, 0.717) is 12.2 Å². The maximum absolute atomic E-state index is 13.3. The molecule has 0 aliphatic carbocycles. The van der Waals surface area contributed by atoms with Gasteiger partial charge in [-0.2, -0.15) is 0 Å². The van der Waals surface area contributed by atoms with Gasteiger partial charge in [0.05, 0.1) is 12.9 Å². The summed E-state index contributed by atoms with van der Waals surface area (Å²) in [5.74, 6) is 2.04. The molecule has 172 valence electrons. The molecule has 1 aromatic heterocycles. The third-order valence-electron chi connectivity index (χ3n) is 5.95. The summed E-state index contributed by atoms with van der Waals surface area (Å²) in [6.45, 7) is 0.726. The molecule has 0 unspecified atom stereocenters. The number of rotatable bonds is 7. The van der Waals surface area contributed by atoms with Gasteiger partial charge in [0.1, 0.15) is 11.6 Å². The van der Waals surface area contributed by atoms with Crippen LogP contribution in [0.25, 0.3) is 5.69 Å². The Labute approximate surface area is 203 Å². The lowest BCUT2D eigenvalue weighted by molar-refractivity contribution is -0.116. The molecule has 4 aromatic rings. The van der Waals surface area contributed by atoms with Crippen molar-refractivity contribution in [3.05, 3.63) is 95.8 Å². The number of methoxy groups -OCH3 is 1. The van der Waals surface area contributed by atoms with E-state index in [9.17, 15) is 4.79 Å². The number of hydrogen-bond acceptors (Lipinski definition) is 5. The van der Waals surface area contributed by atoms with Gasteiger partial charge in [-0.25, -0.2) is 0 Å². The average Bonchev–Trinajstić information content (AvgIpc) is 3.29. The fraction of sp³-hybridized carbons (Fsp3) is 0.222. The van der Waals surface area contributed by atoms with E-state index in [2.05, 4.69) is 26.9 Å². The van der Waals surface area contributed by atoms with Crippen LogP contribution in [-0.2, 0) is 17.6 Å². The Morgan fingerprint density at radius 3 is 2.53 bits per heavy atom. The first-order chi connectivity index (χ1) is 16.7. The molecule has 0 atom stereocenters. The van der Waals surface area contributed by atoms with Crippen LogP contribution in [0.1, 0.15) is 23.4 Å². The predicted octanol–water partition coefficient (Wildman–Crippen LogP) is 4.94. The molecule has 1 aliphatic heterocycles. The number of benzene rings is 3. The van der Waals surface area contributed by atoms with Crippen LogP contribution in [0.3, 0.4) is 0 Å². The van der Waals surface area contributed by atoms with Crippen molar-refractivity contribution in [1.29, 1.82) is 0 Å². The molecule has 0 N–H and O–H groups in total. The summed E-state index contributed by atoms with van der Waals surface area (Å²) in [5, 5.41) is 9.67. The van der Waals surface area contributed by atoms with Crippen LogP contribution < -0.4 is 9.64 Å². The van der Waals surface area contributed by atoms with E-state index in [4.69, 9.17) is 4.74 Å². The van der Waals surface area contributed by atoms with Crippen molar-refractivity contribution in [2.24, 2.45) is 0 Å². The second-order valence-electron chi connectivity index (χ2n) is 8.16. The molecule has 1 amide bonds. The van der Waals surface area contributed by atoms with Crippen molar-refractivity contribution >= 4 is 23.4 Å². The summed E-state index contributed by atoms with van der Waals surface area (Å²) < 4.78 is 7.41. The number of para-hydroxylation sites is 1. The third kappa shape index (κ3) is 4.70. The molecule has 0 saturated heterocycles. The van der Waals surface area contributed by atoms with Crippen LogP contribution in [0.15, 0.2) is 84.0 Å². The van der Waals surface area contributed by atoms with Gasteiger partial charge in [0.25, 0.3) is 0 Å². The first kappa shape index (κ1) is 22.2. The van der Waals surface area contributed by atoms with E-state index < -0.39 is 0 Å². The Morgan fingerprint density at radius 2 is 1.76 bits per heavy atom. The number of aryl methyl sites for hydroxylation is 1. The number of carbonyl (C=O) groups excluding carboxylic acids is 1. The minimum Gasteiger partial charge on any atom is -0.497 e. The monoisotopic (exact) mass is 470 g/mol. The summed E-state index contributed by atoms with van der Waals surface area (Å²) >= 11 is 1.43. The lowest BCUT2D eigenvalue weighted by Gasteiger charge is -2.29. The Bertz CT molecular complexity index is 1270. The highest BCUT2D eigenvalue weighted by atomic mass is 32.2. The van der Waals surface area contributed by atoms with E-state index in [1.54, 1.807) is 7.11 Å². The van der Waals surface area contributed by atoms with Crippen LogP contribution in [0.2, 0.25) is 0 Å². The Morgan fingerprint density at radius 1 is 1.00 bits per heavy atom. The van der Waals surface area contributed by atoms with Gasteiger partial charge in [-0.05, 0) is 54.3 Å². The van der Waals surface area contributed by atoms with Gasteiger partial charge in [-0.15, -0.1) is 10.2 Å². The fourth-order valence-corrected chi connectivity index (χ4v) is 5.13. The van der Waals surface area contributed by atoms with E-state index in [-0.39, 0.29) is 5.91 Å². The summed E-state index contributed by atoms with van der Waals surface area (Å²) in [6.07, 6.45) is 2.56. The van der Waals surface area contributed by atoms with Crippen LogP contribution in [0.4, 0.5) is 5.69 Å². The Hall–Kier alpha value is -3.58. The molecule has 0 radical (unpaired) electrons. The SMILES string of the molecule is COc1ccc2c(c1)CCCN2C(=O)CSc1nnc(Cc2ccccc2)n1-c1ccccc1. The number of carbonyl (C=O) groups is 1. The number of thioether (sulfide) groups is 1. The second kappa shape index (κ2) is 10.1. The summed E-state index contributed by atoms with van der Waals surface area (Å²) in [5.41, 5.74) is 4.29. The number of fused-ring (bicyclic) bond motifs is 1. The molecular formula is C27H26N4O2S. The summed E-state index contributed by atoms with van der Waals surface area (Å²) in [7, 11) is 1.67. The number of ether oxygens (including phenoxy) is 1. The minimum absolute atomic E-state index is 0.0725. The van der Waals surface area contributed by atoms with Gasteiger partial charge < -0.3 is 9.64 Å².